The van der Waals surface area contributed by atoms with Gasteiger partial charge in [0.05, 0.1) is 12.7 Å². The quantitative estimate of drug-likeness (QED) is 0.824. The SMILES string of the molecule is COC(=O)c1ccc(N(C)C(C(=O)OC(C)(C)C)C2CCCN2)cc1. The molecule has 1 aliphatic rings. The lowest BCUT2D eigenvalue weighted by Crippen LogP contribution is -2.53. The molecule has 0 bridgehead atoms. The molecule has 1 saturated heterocycles. The summed E-state index contributed by atoms with van der Waals surface area (Å²) in [5.74, 6) is -0.623. The number of likely N-dealkylation sites (N-methyl/N-ethyl adjacent to an activating group) is 1. The lowest BCUT2D eigenvalue weighted by Gasteiger charge is -2.34. The molecule has 0 aliphatic carbocycles. The van der Waals surface area contributed by atoms with Crippen LogP contribution in [0.5, 0.6) is 0 Å². The molecule has 6 nitrogen and oxygen atoms in total. The molecule has 138 valence electrons. The Morgan fingerprint density at radius 3 is 2.36 bits per heavy atom. The monoisotopic (exact) mass is 348 g/mol. The van der Waals surface area contributed by atoms with Crippen LogP contribution >= 0.6 is 0 Å². The van der Waals surface area contributed by atoms with Crippen LogP contribution in [0, 0.1) is 0 Å². The van der Waals surface area contributed by atoms with Crippen LogP contribution in [0.2, 0.25) is 0 Å². The fraction of sp³-hybridized carbons (Fsp3) is 0.579. The summed E-state index contributed by atoms with van der Waals surface area (Å²) in [6, 6.07) is 6.65. The topological polar surface area (TPSA) is 67.9 Å². The molecule has 1 heterocycles. The molecule has 0 saturated carbocycles. The standard InChI is InChI=1S/C19H28N2O4/c1-19(2,3)25-18(23)16(15-7-6-12-20-15)21(4)14-10-8-13(9-11-14)17(22)24-5/h8-11,15-16,20H,6-7,12H2,1-5H3. The van der Waals surface area contributed by atoms with E-state index in [0.717, 1.165) is 25.1 Å². The van der Waals surface area contributed by atoms with Gasteiger partial charge in [-0.15, -0.1) is 0 Å². The molecule has 1 N–H and O–H groups in total. The van der Waals surface area contributed by atoms with E-state index in [1.165, 1.54) is 7.11 Å². The Kier molecular flexibility index (Phi) is 6.06. The average molecular weight is 348 g/mol. The zero-order chi connectivity index (χ0) is 18.6. The number of carbonyl (C=O) groups is 2. The highest BCUT2D eigenvalue weighted by Crippen LogP contribution is 2.24. The Bertz CT molecular complexity index is 601. The minimum absolute atomic E-state index is 0.0418. The molecule has 2 rings (SSSR count). The molecule has 2 unspecified atom stereocenters. The van der Waals surface area contributed by atoms with E-state index in [-0.39, 0.29) is 18.0 Å². The molecular weight excluding hydrogens is 320 g/mol. The van der Waals surface area contributed by atoms with Gasteiger partial charge in [0, 0.05) is 18.8 Å². The second-order valence-electron chi connectivity index (χ2n) is 7.33. The number of rotatable bonds is 5. The Morgan fingerprint density at radius 1 is 1.24 bits per heavy atom. The van der Waals surface area contributed by atoms with Crippen molar-refractivity contribution in [2.24, 2.45) is 0 Å². The second kappa shape index (κ2) is 7.87. The number of anilines is 1. The summed E-state index contributed by atoms with van der Waals surface area (Å²) in [5, 5.41) is 3.40. The minimum Gasteiger partial charge on any atom is -0.465 e. The van der Waals surface area contributed by atoms with Crippen molar-refractivity contribution in [2.45, 2.75) is 51.3 Å². The number of esters is 2. The van der Waals surface area contributed by atoms with Gasteiger partial charge in [0.15, 0.2) is 0 Å². The number of benzene rings is 1. The Balaban J connectivity index is 2.23. The van der Waals surface area contributed by atoms with Crippen LogP contribution < -0.4 is 10.2 Å². The van der Waals surface area contributed by atoms with Crippen LogP contribution in [0.15, 0.2) is 24.3 Å². The minimum atomic E-state index is -0.538. The molecule has 0 radical (unpaired) electrons. The number of methoxy groups -OCH3 is 1. The van der Waals surface area contributed by atoms with Gasteiger partial charge in [-0.25, -0.2) is 9.59 Å². The van der Waals surface area contributed by atoms with Gasteiger partial charge in [0.2, 0.25) is 0 Å². The van der Waals surface area contributed by atoms with Crippen molar-refractivity contribution in [1.82, 2.24) is 5.32 Å². The second-order valence-corrected chi connectivity index (χ2v) is 7.33. The molecule has 1 aromatic carbocycles. The van der Waals surface area contributed by atoms with E-state index in [1.54, 1.807) is 12.1 Å². The molecular formula is C19H28N2O4. The van der Waals surface area contributed by atoms with Gasteiger partial charge >= 0.3 is 11.9 Å². The number of hydrogen-bond donors (Lipinski definition) is 1. The zero-order valence-corrected chi connectivity index (χ0v) is 15.7. The Morgan fingerprint density at radius 2 is 1.88 bits per heavy atom. The van der Waals surface area contributed by atoms with Crippen LogP contribution in [0.25, 0.3) is 0 Å². The fourth-order valence-corrected chi connectivity index (χ4v) is 3.05. The third kappa shape index (κ3) is 4.95. The number of carbonyl (C=O) groups excluding carboxylic acids is 2. The summed E-state index contributed by atoms with van der Waals surface area (Å²) < 4.78 is 10.4. The number of nitrogens with one attached hydrogen (secondary N) is 1. The average Bonchev–Trinajstić information content (AvgIpc) is 3.06. The predicted octanol–water partition coefficient (Wildman–Crippen LogP) is 2.37. The van der Waals surface area contributed by atoms with E-state index >= 15 is 0 Å². The van der Waals surface area contributed by atoms with Crippen LogP contribution in [0.4, 0.5) is 5.69 Å². The molecule has 1 aromatic rings. The predicted molar refractivity (Wildman–Crippen MR) is 96.8 cm³/mol. The van der Waals surface area contributed by atoms with Crippen molar-refractivity contribution >= 4 is 17.6 Å². The fourth-order valence-electron chi connectivity index (χ4n) is 3.05. The third-order valence-corrected chi connectivity index (χ3v) is 4.24. The number of nitrogens with zero attached hydrogens (tertiary/aromatic N) is 1. The summed E-state index contributed by atoms with van der Waals surface area (Å²) in [4.78, 5) is 26.3. The van der Waals surface area contributed by atoms with Crippen molar-refractivity contribution in [2.75, 3.05) is 25.6 Å². The molecule has 2 atom stereocenters. The van der Waals surface area contributed by atoms with Gasteiger partial charge in [0.25, 0.3) is 0 Å². The van der Waals surface area contributed by atoms with Crippen LogP contribution in [-0.2, 0) is 14.3 Å². The van der Waals surface area contributed by atoms with E-state index in [2.05, 4.69) is 5.32 Å². The highest BCUT2D eigenvalue weighted by molar-refractivity contribution is 5.90. The van der Waals surface area contributed by atoms with Crippen molar-refractivity contribution in [3.05, 3.63) is 29.8 Å². The highest BCUT2D eigenvalue weighted by atomic mass is 16.6. The molecule has 1 aliphatic heterocycles. The molecule has 0 aromatic heterocycles. The van der Waals surface area contributed by atoms with Crippen LogP contribution in [0.1, 0.15) is 44.0 Å². The van der Waals surface area contributed by atoms with Gasteiger partial charge in [-0.1, -0.05) is 0 Å². The number of hydrogen-bond acceptors (Lipinski definition) is 6. The first-order valence-corrected chi connectivity index (χ1v) is 8.60. The maximum atomic E-state index is 12.8. The van der Waals surface area contributed by atoms with Crippen LogP contribution in [-0.4, -0.2) is 50.3 Å². The van der Waals surface area contributed by atoms with Crippen molar-refractivity contribution < 1.29 is 19.1 Å². The lowest BCUT2D eigenvalue weighted by molar-refractivity contribution is -0.157. The summed E-state index contributed by atoms with van der Waals surface area (Å²) in [7, 11) is 3.23. The Hall–Kier alpha value is -2.08. The highest BCUT2D eigenvalue weighted by Gasteiger charge is 2.37. The van der Waals surface area contributed by atoms with Gasteiger partial charge in [-0.05, 0) is 64.4 Å². The molecule has 6 heteroatoms. The summed E-state index contributed by atoms with van der Waals surface area (Å²) in [5.41, 5.74) is 0.786. The first kappa shape index (κ1) is 19.2. The summed E-state index contributed by atoms with van der Waals surface area (Å²) >= 11 is 0. The van der Waals surface area contributed by atoms with Crippen molar-refractivity contribution in [3.8, 4) is 0 Å². The van der Waals surface area contributed by atoms with Gasteiger partial charge in [-0.2, -0.15) is 0 Å². The Labute approximate surface area is 149 Å². The van der Waals surface area contributed by atoms with Gasteiger partial charge < -0.3 is 19.7 Å². The van der Waals surface area contributed by atoms with E-state index in [9.17, 15) is 9.59 Å². The van der Waals surface area contributed by atoms with E-state index in [0.29, 0.717) is 5.56 Å². The first-order valence-electron chi connectivity index (χ1n) is 8.60. The molecule has 25 heavy (non-hydrogen) atoms. The molecule has 1 fully saturated rings. The maximum Gasteiger partial charge on any atom is 0.337 e. The third-order valence-electron chi connectivity index (χ3n) is 4.24. The maximum absolute atomic E-state index is 12.8. The summed E-state index contributed by atoms with van der Waals surface area (Å²) in [6.07, 6.45) is 1.97. The lowest BCUT2D eigenvalue weighted by atomic mass is 10.0. The zero-order valence-electron chi connectivity index (χ0n) is 15.7. The van der Waals surface area contributed by atoms with Crippen LogP contribution in [0.3, 0.4) is 0 Å². The smallest absolute Gasteiger partial charge is 0.337 e. The molecule has 0 amide bonds. The van der Waals surface area contributed by atoms with Crippen molar-refractivity contribution in [1.29, 1.82) is 0 Å². The molecule has 0 spiro atoms. The number of ether oxygens (including phenoxy) is 2. The first-order chi connectivity index (χ1) is 11.7. The largest absolute Gasteiger partial charge is 0.465 e. The van der Waals surface area contributed by atoms with E-state index in [1.807, 2.05) is 44.9 Å². The van der Waals surface area contributed by atoms with Gasteiger partial charge in [-0.3, -0.25) is 0 Å². The van der Waals surface area contributed by atoms with E-state index in [4.69, 9.17) is 9.47 Å². The van der Waals surface area contributed by atoms with Crippen molar-refractivity contribution in [3.63, 3.8) is 0 Å². The van der Waals surface area contributed by atoms with E-state index < -0.39 is 11.6 Å². The van der Waals surface area contributed by atoms with Gasteiger partial charge in [0.1, 0.15) is 11.6 Å². The summed E-state index contributed by atoms with van der Waals surface area (Å²) in [6.45, 7) is 6.51. The normalized spacial score (nSPS) is 18.5.